The fourth-order valence-electron chi connectivity index (χ4n) is 2.11. The van der Waals surface area contributed by atoms with E-state index in [1.54, 1.807) is 12.4 Å². The van der Waals surface area contributed by atoms with E-state index in [-0.39, 0.29) is 12.1 Å². The summed E-state index contributed by atoms with van der Waals surface area (Å²) in [5, 5.41) is 0. The van der Waals surface area contributed by atoms with Gasteiger partial charge in [0.05, 0.1) is 22.7 Å². The Bertz CT molecular complexity index is 811. The van der Waals surface area contributed by atoms with Gasteiger partial charge in [-0.15, -0.1) is 0 Å². The molecule has 0 bridgehead atoms. The van der Waals surface area contributed by atoms with Crippen molar-refractivity contribution in [2.75, 3.05) is 0 Å². The van der Waals surface area contributed by atoms with Gasteiger partial charge in [-0.05, 0) is 50.1 Å². The molecule has 0 saturated carbocycles. The first-order valence-corrected chi connectivity index (χ1v) is 7.83. The highest BCUT2D eigenvalue weighted by Crippen LogP contribution is 2.28. The lowest BCUT2D eigenvalue weighted by Crippen LogP contribution is -2.12. The van der Waals surface area contributed by atoms with Crippen LogP contribution in [-0.4, -0.2) is 21.0 Å². The predicted molar refractivity (Wildman–Crippen MR) is 88.0 cm³/mol. The molecule has 0 amide bonds. The van der Waals surface area contributed by atoms with Crippen LogP contribution in [0.15, 0.2) is 59.8 Å². The summed E-state index contributed by atoms with van der Waals surface area (Å²) >= 11 is 1.46. The number of nitrogens with zero attached hydrogens (tertiary/aromatic N) is 2. The minimum absolute atomic E-state index is 0.139. The normalized spacial score (nSPS) is 11.0. The lowest BCUT2D eigenvalue weighted by molar-refractivity contribution is 0.0373. The second-order valence-electron chi connectivity index (χ2n) is 5.10. The third-order valence-electron chi connectivity index (χ3n) is 3.07. The third-order valence-corrected chi connectivity index (χ3v) is 4.11. The first-order chi connectivity index (χ1) is 10.6. The summed E-state index contributed by atoms with van der Waals surface area (Å²) in [6.45, 7) is 3.69. The number of hydrogen-bond donors (Lipinski definition) is 0. The first kappa shape index (κ1) is 14.7. The Morgan fingerprint density at radius 2 is 1.86 bits per heavy atom. The summed E-state index contributed by atoms with van der Waals surface area (Å²) < 4.78 is 7.26. The Morgan fingerprint density at radius 1 is 1.14 bits per heavy atom. The van der Waals surface area contributed by atoms with E-state index in [2.05, 4.69) is 4.98 Å². The molecular weight excluding hydrogens is 296 g/mol. The smallest absolute Gasteiger partial charge is 0.339 e. The van der Waals surface area contributed by atoms with Crippen LogP contribution in [0.2, 0.25) is 0 Å². The van der Waals surface area contributed by atoms with Crippen molar-refractivity contribution in [3.8, 4) is 0 Å². The van der Waals surface area contributed by atoms with Gasteiger partial charge in [0.15, 0.2) is 0 Å². The van der Waals surface area contributed by atoms with Gasteiger partial charge < -0.3 is 4.74 Å². The van der Waals surface area contributed by atoms with E-state index in [1.165, 1.54) is 11.9 Å². The van der Waals surface area contributed by atoms with Gasteiger partial charge in [-0.3, -0.25) is 3.97 Å². The van der Waals surface area contributed by atoms with E-state index in [4.69, 9.17) is 4.74 Å². The zero-order valence-electron chi connectivity index (χ0n) is 12.4. The van der Waals surface area contributed by atoms with Gasteiger partial charge in [-0.1, -0.05) is 24.3 Å². The van der Waals surface area contributed by atoms with Gasteiger partial charge in [0.1, 0.15) is 6.33 Å². The van der Waals surface area contributed by atoms with Crippen molar-refractivity contribution in [1.82, 2.24) is 8.96 Å². The fraction of sp³-hybridized carbons (Fsp3) is 0.176. The molecule has 0 aliphatic rings. The van der Waals surface area contributed by atoms with Gasteiger partial charge in [-0.2, -0.15) is 0 Å². The topological polar surface area (TPSA) is 44.1 Å². The minimum atomic E-state index is -0.303. The van der Waals surface area contributed by atoms with Crippen molar-refractivity contribution in [3.63, 3.8) is 0 Å². The average molecular weight is 312 g/mol. The number of hydrogen-bond acceptors (Lipinski definition) is 4. The molecule has 112 valence electrons. The molecule has 3 rings (SSSR count). The van der Waals surface area contributed by atoms with Gasteiger partial charge in [0, 0.05) is 4.90 Å². The number of rotatable bonds is 4. The van der Waals surface area contributed by atoms with E-state index < -0.39 is 0 Å². The van der Waals surface area contributed by atoms with Crippen LogP contribution in [0.1, 0.15) is 24.2 Å². The Morgan fingerprint density at radius 3 is 2.68 bits per heavy atom. The minimum Gasteiger partial charge on any atom is -0.459 e. The summed E-state index contributed by atoms with van der Waals surface area (Å²) in [7, 11) is 0. The number of carbonyl (C=O) groups excluding carboxylic acids is 1. The predicted octanol–water partition coefficient (Wildman–Crippen LogP) is 4.16. The molecule has 5 heteroatoms. The number of esters is 1. The maximum absolute atomic E-state index is 12.2. The second kappa shape index (κ2) is 6.23. The summed E-state index contributed by atoms with van der Waals surface area (Å²) in [4.78, 5) is 17.4. The van der Waals surface area contributed by atoms with E-state index in [0.29, 0.717) is 5.56 Å². The fourth-order valence-corrected chi connectivity index (χ4v) is 3.06. The van der Waals surface area contributed by atoms with Crippen molar-refractivity contribution in [2.24, 2.45) is 0 Å². The lowest BCUT2D eigenvalue weighted by Gasteiger charge is -2.11. The molecule has 22 heavy (non-hydrogen) atoms. The molecule has 0 aliphatic carbocycles. The molecule has 1 aromatic heterocycles. The highest BCUT2D eigenvalue weighted by molar-refractivity contribution is 7.98. The number of benzene rings is 2. The number of fused-ring (bicyclic) bond motifs is 1. The number of carbonyl (C=O) groups is 1. The van der Waals surface area contributed by atoms with Crippen molar-refractivity contribution >= 4 is 29.0 Å². The molecule has 0 N–H and O–H groups in total. The zero-order chi connectivity index (χ0) is 15.5. The Hall–Kier alpha value is -2.27. The molecule has 0 atom stereocenters. The molecule has 1 heterocycles. The van der Waals surface area contributed by atoms with Crippen LogP contribution in [0.4, 0.5) is 0 Å². The second-order valence-corrected chi connectivity index (χ2v) is 6.12. The third kappa shape index (κ3) is 2.99. The van der Waals surface area contributed by atoms with E-state index in [0.717, 1.165) is 15.9 Å². The molecule has 0 unspecified atom stereocenters. The molecule has 0 spiro atoms. The number of ether oxygens (including phenoxy) is 1. The lowest BCUT2D eigenvalue weighted by atomic mass is 10.2. The van der Waals surface area contributed by atoms with E-state index >= 15 is 0 Å². The van der Waals surface area contributed by atoms with Crippen LogP contribution in [0, 0.1) is 0 Å². The summed E-state index contributed by atoms with van der Waals surface area (Å²) in [5.41, 5.74) is 2.51. The van der Waals surface area contributed by atoms with Crippen LogP contribution in [-0.2, 0) is 4.74 Å². The van der Waals surface area contributed by atoms with Crippen molar-refractivity contribution in [3.05, 3.63) is 60.4 Å². The highest BCUT2D eigenvalue weighted by Gasteiger charge is 2.15. The number of aromatic nitrogens is 2. The zero-order valence-corrected chi connectivity index (χ0v) is 13.2. The molecular formula is C17H16N2O2S. The van der Waals surface area contributed by atoms with Crippen LogP contribution in [0.3, 0.4) is 0 Å². The Kier molecular flexibility index (Phi) is 4.15. The Balaban J connectivity index is 1.94. The van der Waals surface area contributed by atoms with Crippen molar-refractivity contribution in [1.29, 1.82) is 0 Å². The molecule has 0 fully saturated rings. The summed E-state index contributed by atoms with van der Waals surface area (Å²) in [5.74, 6) is -0.303. The van der Waals surface area contributed by atoms with Crippen LogP contribution < -0.4 is 0 Å². The number of imidazole rings is 1. The standard InChI is InChI=1S/C17H16N2O2S/c1-12(2)21-17(20)13-7-3-6-10-16(13)22-19-11-18-14-8-4-5-9-15(14)19/h3-12H,1-2H3. The highest BCUT2D eigenvalue weighted by atomic mass is 32.2. The largest absolute Gasteiger partial charge is 0.459 e. The molecule has 0 radical (unpaired) electrons. The van der Waals surface area contributed by atoms with Crippen LogP contribution in [0.25, 0.3) is 11.0 Å². The van der Waals surface area contributed by atoms with Crippen molar-refractivity contribution < 1.29 is 9.53 Å². The quantitative estimate of drug-likeness (QED) is 0.679. The first-order valence-electron chi connectivity index (χ1n) is 7.05. The molecule has 0 saturated heterocycles. The SMILES string of the molecule is CC(C)OC(=O)c1ccccc1Sn1cnc2ccccc21. The summed E-state index contributed by atoms with van der Waals surface area (Å²) in [6.07, 6.45) is 1.62. The molecule has 3 aromatic rings. The maximum atomic E-state index is 12.2. The Labute approximate surface area is 133 Å². The van der Waals surface area contributed by atoms with Crippen LogP contribution >= 0.6 is 11.9 Å². The van der Waals surface area contributed by atoms with E-state index in [1.807, 2.05) is 60.3 Å². The van der Waals surface area contributed by atoms with Crippen LogP contribution in [0.5, 0.6) is 0 Å². The van der Waals surface area contributed by atoms with Gasteiger partial charge in [-0.25, -0.2) is 9.78 Å². The molecule has 0 aliphatic heterocycles. The monoisotopic (exact) mass is 312 g/mol. The maximum Gasteiger partial charge on any atom is 0.339 e. The average Bonchev–Trinajstić information content (AvgIpc) is 2.90. The van der Waals surface area contributed by atoms with E-state index in [9.17, 15) is 4.79 Å². The van der Waals surface area contributed by atoms with Gasteiger partial charge in [0.2, 0.25) is 0 Å². The number of para-hydroxylation sites is 2. The van der Waals surface area contributed by atoms with Gasteiger partial charge in [0.25, 0.3) is 0 Å². The molecule has 4 nitrogen and oxygen atoms in total. The van der Waals surface area contributed by atoms with Crippen molar-refractivity contribution in [2.45, 2.75) is 24.8 Å². The van der Waals surface area contributed by atoms with Gasteiger partial charge >= 0.3 is 5.97 Å². The molecule has 2 aromatic carbocycles. The summed E-state index contributed by atoms with van der Waals surface area (Å²) in [6, 6.07) is 15.3.